The lowest BCUT2D eigenvalue weighted by Gasteiger charge is -2.10. The van der Waals surface area contributed by atoms with Crippen LogP contribution in [0.2, 0.25) is 0 Å². The zero-order valence-corrected chi connectivity index (χ0v) is 7.37. The monoisotopic (exact) mass is 214 g/mol. The Balaban J connectivity index is 2.30. The van der Waals surface area contributed by atoms with Crippen molar-refractivity contribution in [3.63, 3.8) is 0 Å². The molecule has 0 aromatic heterocycles. The number of ether oxygens (including phenoxy) is 1. The molecule has 2 aliphatic rings. The second-order valence-corrected chi connectivity index (χ2v) is 3.65. The number of allylic oxidation sites excluding steroid dienone is 4. The Morgan fingerprint density at radius 1 is 1.64 bits per heavy atom. The predicted octanol–water partition coefficient (Wildman–Crippen LogP) is 1.77. The third kappa shape index (κ3) is 1.03. The molecule has 11 heavy (non-hydrogen) atoms. The molecular formula is C8H7BrO2. The molecule has 2 rings (SSSR count). The van der Waals surface area contributed by atoms with E-state index in [1.54, 1.807) is 0 Å². The van der Waals surface area contributed by atoms with Crippen molar-refractivity contribution in [1.82, 2.24) is 0 Å². The van der Waals surface area contributed by atoms with Crippen LogP contribution in [-0.4, -0.2) is 10.8 Å². The summed E-state index contributed by atoms with van der Waals surface area (Å²) in [5, 5.41) is 0. The van der Waals surface area contributed by atoms with E-state index in [1.807, 2.05) is 18.2 Å². The molecule has 0 amide bonds. The van der Waals surface area contributed by atoms with Crippen LogP contribution in [0, 0.1) is 5.92 Å². The third-order valence-electron chi connectivity index (χ3n) is 1.95. The van der Waals surface area contributed by atoms with Crippen molar-refractivity contribution >= 4 is 21.9 Å². The van der Waals surface area contributed by atoms with Gasteiger partial charge in [-0.2, -0.15) is 0 Å². The molecule has 1 aliphatic carbocycles. The summed E-state index contributed by atoms with van der Waals surface area (Å²) in [6, 6.07) is 0. The Hall–Kier alpha value is -0.570. The molecule has 1 fully saturated rings. The van der Waals surface area contributed by atoms with Gasteiger partial charge in [0.2, 0.25) is 0 Å². The van der Waals surface area contributed by atoms with Gasteiger partial charge in [0.15, 0.2) is 0 Å². The first-order valence-corrected chi connectivity index (χ1v) is 4.43. The molecular weight excluding hydrogens is 208 g/mol. The van der Waals surface area contributed by atoms with Gasteiger partial charge in [-0.3, -0.25) is 4.79 Å². The highest BCUT2D eigenvalue weighted by molar-refractivity contribution is 9.10. The lowest BCUT2D eigenvalue weighted by molar-refractivity contribution is -0.134. The van der Waals surface area contributed by atoms with Crippen molar-refractivity contribution in [3.8, 4) is 0 Å². The summed E-state index contributed by atoms with van der Waals surface area (Å²) < 4.78 is 5.00. The number of hydrogen-bond acceptors (Lipinski definition) is 2. The van der Waals surface area contributed by atoms with Crippen LogP contribution in [0.15, 0.2) is 24.0 Å². The van der Waals surface area contributed by atoms with Gasteiger partial charge in [0.25, 0.3) is 0 Å². The largest absolute Gasteiger partial charge is 0.430 e. The molecule has 3 heteroatoms. The van der Waals surface area contributed by atoms with Crippen molar-refractivity contribution in [3.05, 3.63) is 24.0 Å². The van der Waals surface area contributed by atoms with E-state index in [0.29, 0.717) is 0 Å². The van der Waals surface area contributed by atoms with Crippen LogP contribution in [0.4, 0.5) is 0 Å². The Morgan fingerprint density at radius 3 is 3.18 bits per heavy atom. The van der Waals surface area contributed by atoms with Gasteiger partial charge in [-0.25, -0.2) is 0 Å². The number of carbonyl (C=O) groups is 1. The highest BCUT2D eigenvalue weighted by Gasteiger charge is 2.39. The fourth-order valence-electron chi connectivity index (χ4n) is 1.34. The topological polar surface area (TPSA) is 26.3 Å². The van der Waals surface area contributed by atoms with E-state index in [4.69, 9.17) is 4.74 Å². The highest BCUT2D eigenvalue weighted by Crippen LogP contribution is 2.35. The summed E-state index contributed by atoms with van der Waals surface area (Å²) in [5.74, 6) is 0.872. The quantitative estimate of drug-likeness (QED) is 0.454. The molecule has 2 nitrogen and oxygen atoms in total. The first-order valence-electron chi connectivity index (χ1n) is 3.51. The van der Waals surface area contributed by atoms with Crippen molar-refractivity contribution in [2.75, 3.05) is 0 Å². The van der Waals surface area contributed by atoms with Crippen molar-refractivity contribution in [1.29, 1.82) is 0 Å². The molecule has 1 heterocycles. The average Bonchev–Trinajstić information content (AvgIpc) is 2.30. The van der Waals surface area contributed by atoms with Gasteiger partial charge in [-0.1, -0.05) is 28.1 Å². The molecule has 0 bridgehead atoms. The van der Waals surface area contributed by atoms with Gasteiger partial charge >= 0.3 is 5.97 Å². The summed E-state index contributed by atoms with van der Waals surface area (Å²) in [4.78, 5) is 10.9. The number of carbonyl (C=O) groups excluding carboxylic acids is 1. The SMILES string of the molecule is O=C1OC2=CC=CCC2C1Br. The molecule has 0 N–H and O–H groups in total. The van der Waals surface area contributed by atoms with Crippen molar-refractivity contribution in [2.24, 2.45) is 5.92 Å². The van der Waals surface area contributed by atoms with Crippen LogP contribution in [0.5, 0.6) is 0 Å². The summed E-state index contributed by atoms with van der Waals surface area (Å²) in [6.45, 7) is 0. The van der Waals surface area contributed by atoms with E-state index in [9.17, 15) is 4.79 Å². The van der Waals surface area contributed by atoms with E-state index in [-0.39, 0.29) is 16.7 Å². The van der Waals surface area contributed by atoms with Gasteiger partial charge in [0.05, 0.1) is 0 Å². The van der Waals surface area contributed by atoms with Crippen LogP contribution >= 0.6 is 15.9 Å². The minimum atomic E-state index is -0.162. The molecule has 0 radical (unpaired) electrons. The molecule has 0 aromatic rings. The van der Waals surface area contributed by atoms with Gasteiger partial charge < -0.3 is 4.74 Å². The van der Waals surface area contributed by atoms with Crippen LogP contribution in [0.3, 0.4) is 0 Å². The number of rotatable bonds is 0. The Labute approximate surface area is 73.0 Å². The summed E-state index contributed by atoms with van der Waals surface area (Å²) >= 11 is 3.30. The van der Waals surface area contributed by atoms with Crippen LogP contribution in [-0.2, 0) is 9.53 Å². The molecule has 2 unspecified atom stereocenters. The smallest absolute Gasteiger partial charge is 0.325 e. The molecule has 0 aromatic carbocycles. The summed E-state index contributed by atoms with van der Waals surface area (Å²) in [5.41, 5.74) is 0. The Morgan fingerprint density at radius 2 is 2.45 bits per heavy atom. The van der Waals surface area contributed by atoms with E-state index in [2.05, 4.69) is 15.9 Å². The second-order valence-electron chi connectivity index (χ2n) is 2.66. The Kier molecular flexibility index (Phi) is 1.60. The number of alkyl halides is 1. The zero-order chi connectivity index (χ0) is 7.84. The Bertz CT molecular complexity index is 255. The first-order chi connectivity index (χ1) is 5.29. The normalized spacial score (nSPS) is 34.6. The summed E-state index contributed by atoms with van der Waals surface area (Å²) in [6.07, 6.45) is 6.72. The molecule has 0 saturated carbocycles. The van der Waals surface area contributed by atoms with Gasteiger partial charge in [-0.05, 0) is 12.5 Å². The van der Waals surface area contributed by atoms with E-state index in [1.165, 1.54) is 0 Å². The van der Waals surface area contributed by atoms with E-state index in [0.717, 1.165) is 12.2 Å². The lowest BCUT2D eigenvalue weighted by atomic mass is 9.98. The number of halogens is 1. The second kappa shape index (κ2) is 2.48. The summed E-state index contributed by atoms with van der Waals surface area (Å²) in [7, 11) is 0. The number of hydrogen-bond donors (Lipinski definition) is 0. The fourth-order valence-corrected chi connectivity index (χ4v) is 1.91. The molecule has 1 saturated heterocycles. The maximum absolute atomic E-state index is 11.0. The van der Waals surface area contributed by atoms with Gasteiger partial charge in [-0.15, -0.1) is 0 Å². The van der Waals surface area contributed by atoms with E-state index >= 15 is 0 Å². The minimum Gasteiger partial charge on any atom is -0.430 e. The zero-order valence-electron chi connectivity index (χ0n) is 5.79. The van der Waals surface area contributed by atoms with E-state index < -0.39 is 0 Å². The predicted molar refractivity (Wildman–Crippen MR) is 44.1 cm³/mol. The third-order valence-corrected chi connectivity index (χ3v) is 2.96. The van der Waals surface area contributed by atoms with Crippen LogP contribution < -0.4 is 0 Å². The van der Waals surface area contributed by atoms with Crippen molar-refractivity contribution < 1.29 is 9.53 Å². The first kappa shape index (κ1) is 7.10. The van der Waals surface area contributed by atoms with Gasteiger partial charge in [0, 0.05) is 5.92 Å². The molecule has 58 valence electrons. The van der Waals surface area contributed by atoms with Gasteiger partial charge in [0.1, 0.15) is 10.6 Å². The van der Waals surface area contributed by atoms with Crippen LogP contribution in [0.1, 0.15) is 6.42 Å². The standard InChI is InChI=1S/C8H7BrO2/c9-7-5-3-1-2-4-6(5)11-8(7)10/h1-2,4-5,7H,3H2. The maximum Gasteiger partial charge on any atom is 0.325 e. The fraction of sp³-hybridized carbons (Fsp3) is 0.375. The highest BCUT2D eigenvalue weighted by atomic mass is 79.9. The maximum atomic E-state index is 11.0. The number of fused-ring (bicyclic) bond motifs is 1. The minimum absolute atomic E-state index is 0.140. The molecule has 0 spiro atoms. The van der Waals surface area contributed by atoms with Crippen LogP contribution in [0.25, 0.3) is 0 Å². The van der Waals surface area contributed by atoms with Crippen molar-refractivity contribution in [2.45, 2.75) is 11.2 Å². The molecule has 2 atom stereocenters. The average molecular weight is 215 g/mol. The molecule has 1 aliphatic heterocycles. The number of esters is 1. The lowest BCUT2D eigenvalue weighted by Crippen LogP contribution is -2.14.